The van der Waals surface area contributed by atoms with Crippen LogP contribution in [0.5, 0.6) is 5.75 Å². The van der Waals surface area contributed by atoms with Gasteiger partial charge in [0.1, 0.15) is 5.75 Å². The van der Waals surface area contributed by atoms with Gasteiger partial charge in [0.15, 0.2) is 0 Å². The molecule has 3 aromatic rings. The first-order valence-electron chi connectivity index (χ1n) is 11.6. The van der Waals surface area contributed by atoms with Crippen molar-refractivity contribution in [2.45, 2.75) is 26.7 Å². The van der Waals surface area contributed by atoms with Crippen molar-refractivity contribution in [3.05, 3.63) is 66.2 Å². The summed E-state index contributed by atoms with van der Waals surface area (Å²) in [6.45, 7) is 10.2. The molecule has 0 aliphatic carbocycles. The Hall–Kier alpha value is -3.05. The minimum absolute atomic E-state index is 0.0268. The van der Waals surface area contributed by atoms with Gasteiger partial charge in [0.05, 0.1) is 6.61 Å². The number of nitrogens with one attached hydrogen (secondary N) is 1. The van der Waals surface area contributed by atoms with Crippen LogP contribution in [0.2, 0.25) is 0 Å². The normalized spacial score (nSPS) is 14.5. The van der Waals surface area contributed by atoms with Gasteiger partial charge in [-0.3, -0.25) is 4.79 Å². The van der Waals surface area contributed by atoms with Crippen LogP contribution in [0.1, 0.15) is 25.3 Å². The molecule has 1 fully saturated rings. The molecule has 32 heavy (non-hydrogen) atoms. The van der Waals surface area contributed by atoms with Gasteiger partial charge in [-0.2, -0.15) is 0 Å². The zero-order valence-electron chi connectivity index (χ0n) is 19.1. The number of anilines is 2. The lowest BCUT2D eigenvalue weighted by molar-refractivity contribution is -0.116. The number of hydrogen-bond donors (Lipinski definition) is 1. The summed E-state index contributed by atoms with van der Waals surface area (Å²) in [6.07, 6.45) is 1.11. The third kappa shape index (κ3) is 5.40. The van der Waals surface area contributed by atoms with Gasteiger partial charge in [0, 0.05) is 49.4 Å². The number of ether oxygens (including phenoxy) is 1. The van der Waals surface area contributed by atoms with Gasteiger partial charge in [-0.05, 0) is 55.1 Å². The van der Waals surface area contributed by atoms with Gasteiger partial charge in [0.25, 0.3) is 0 Å². The Balaban J connectivity index is 1.25. The molecule has 0 aromatic heterocycles. The minimum Gasteiger partial charge on any atom is -0.493 e. The maximum Gasteiger partial charge on any atom is 0.224 e. The van der Waals surface area contributed by atoms with E-state index >= 15 is 0 Å². The monoisotopic (exact) mass is 431 g/mol. The zero-order valence-corrected chi connectivity index (χ0v) is 19.1. The van der Waals surface area contributed by atoms with Gasteiger partial charge in [0.2, 0.25) is 5.91 Å². The van der Waals surface area contributed by atoms with E-state index < -0.39 is 0 Å². The molecule has 0 spiro atoms. The van der Waals surface area contributed by atoms with Crippen LogP contribution in [0, 0.1) is 6.92 Å². The summed E-state index contributed by atoms with van der Waals surface area (Å²) in [5.41, 5.74) is 3.22. The quantitative estimate of drug-likeness (QED) is 0.505. The zero-order chi connectivity index (χ0) is 22.3. The van der Waals surface area contributed by atoms with Crippen LogP contribution in [0.4, 0.5) is 11.4 Å². The van der Waals surface area contributed by atoms with E-state index in [1.165, 1.54) is 5.69 Å². The number of amides is 1. The molecule has 168 valence electrons. The third-order valence-corrected chi connectivity index (χ3v) is 6.22. The molecule has 5 heteroatoms. The molecular formula is C27H33N3O2. The second kappa shape index (κ2) is 10.5. The molecule has 0 radical (unpaired) electrons. The number of carbonyl (C=O) groups is 1. The lowest BCUT2D eigenvalue weighted by Crippen LogP contribution is -2.46. The molecule has 5 nitrogen and oxygen atoms in total. The summed E-state index contributed by atoms with van der Waals surface area (Å²) in [7, 11) is 0. The average Bonchev–Trinajstić information content (AvgIpc) is 2.83. The van der Waals surface area contributed by atoms with Crippen molar-refractivity contribution >= 4 is 28.1 Å². The number of likely N-dealkylation sites (N-methyl/N-ethyl adjacent to an activating group) is 1. The van der Waals surface area contributed by atoms with Crippen LogP contribution >= 0.6 is 0 Å². The van der Waals surface area contributed by atoms with Crippen LogP contribution in [0.15, 0.2) is 60.7 Å². The van der Waals surface area contributed by atoms with Crippen LogP contribution in [-0.4, -0.2) is 50.1 Å². The Labute approximate surface area is 191 Å². The van der Waals surface area contributed by atoms with Crippen LogP contribution < -0.4 is 15.0 Å². The Kier molecular flexibility index (Phi) is 7.28. The SMILES string of the molecule is CCN1CCN(c2ccc(NC(=O)CCCOc3cccc4ccccc34)c(C)c2)CC1. The molecule has 0 bridgehead atoms. The minimum atomic E-state index is 0.0268. The molecular weight excluding hydrogens is 398 g/mol. The number of piperazine rings is 1. The largest absolute Gasteiger partial charge is 0.493 e. The highest BCUT2D eigenvalue weighted by Gasteiger charge is 2.16. The van der Waals surface area contributed by atoms with Crippen molar-refractivity contribution in [1.29, 1.82) is 0 Å². The van der Waals surface area contributed by atoms with E-state index in [4.69, 9.17) is 4.74 Å². The first-order valence-corrected chi connectivity index (χ1v) is 11.6. The van der Waals surface area contributed by atoms with E-state index in [-0.39, 0.29) is 5.91 Å². The lowest BCUT2D eigenvalue weighted by Gasteiger charge is -2.35. The third-order valence-electron chi connectivity index (χ3n) is 6.22. The predicted molar refractivity (Wildman–Crippen MR) is 133 cm³/mol. The number of benzene rings is 3. The maximum atomic E-state index is 12.5. The number of hydrogen-bond acceptors (Lipinski definition) is 4. The van der Waals surface area contributed by atoms with Crippen molar-refractivity contribution in [3.8, 4) is 5.75 Å². The molecule has 1 amide bonds. The summed E-state index contributed by atoms with van der Waals surface area (Å²) in [5.74, 6) is 0.897. The highest BCUT2D eigenvalue weighted by Crippen LogP contribution is 2.26. The summed E-state index contributed by atoms with van der Waals surface area (Å²) >= 11 is 0. The number of aryl methyl sites for hydroxylation is 1. The molecule has 1 N–H and O–H groups in total. The fourth-order valence-corrected chi connectivity index (χ4v) is 4.26. The Morgan fingerprint density at radius 2 is 1.78 bits per heavy atom. The fourth-order valence-electron chi connectivity index (χ4n) is 4.26. The van der Waals surface area contributed by atoms with Crippen molar-refractivity contribution in [1.82, 2.24) is 4.90 Å². The van der Waals surface area contributed by atoms with E-state index in [1.807, 2.05) is 30.3 Å². The molecule has 0 unspecified atom stereocenters. The Morgan fingerprint density at radius 1 is 1.00 bits per heavy atom. The Morgan fingerprint density at radius 3 is 2.56 bits per heavy atom. The van der Waals surface area contributed by atoms with Gasteiger partial charge in [-0.25, -0.2) is 0 Å². The van der Waals surface area contributed by atoms with E-state index in [0.29, 0.717) is 19.4 Å². The lowest BCUT2D eigenvalue weighted by atomic mass is 10.1. The second-order valence-corrected chi connectivity index (χ2v) is 8.40. The standard InChI is InChI=1S/C27H33N3O2/c1-3-29-15-17-30(18-16-29)23-13-14-25(21(2)20-23)28-27(31)12-7-19-32-26-11-6-9-22-8-4-5-10-24(22)26/h4-6,8-11,13-14,20H,3,7,12,15-19H2,1-2H3,(H,28,31). The topological polar surface area (TPSA) is 44.8 Å². The molecule has 3 aromatic carbocycles. The van der Waals surface area contributed by atoms with E-state index in [0.717, 1.165) is 60.5 Å². The van der Waals surface area contributed by atoms with E-state index in [1.54, 1.807) is 0 Å². The number of rotatable bonds is 8. The van der Waals surface area contributed by atoms with Crippen LogP contribution in [0.25, 0.3) is 10.8 Å². The van der Waals surface area contributed by atoms with Crippen molar-refractivity contribution in [3.63, 3.8) is 0 Å². The van der Waals surface area contributed by atoms with Gasteiger partial charge in [-0.1, -0.05) is 43.3 Å². The maximum absolute atomic E-state index is 12.5. The molecule has 1 aliphatic rings. The average molecular weight is 432 g/mol. The number of nitrogens with zero attached hydrogens (tertiary/aromatic N) is 2. The molecule has 4 rings (SSSR count). The number of carbonyl (C=O) groups excluding carboxylic acids is 1. The van der Waals surface area contributed by atoms with Gasteiger partial charge < -0.3 is 19.9 Å². The summed E-state index contributed by atoms with van der Waals surface area (Å²) < 4.78 is 5.95. The van der Waals surface area contributed by atoms with Crippen LogP contribution in [0.3, 0.4) is 0 Å². The van der Waals surface area contributed by atoms with E-state index in [9.17, 15) is 4.79 Å². The van der Waals surface area contributed by atoms with Crippen LogP contribution in [-0.2, 0) is 4.79 Å². The highest BCUT2D eigenvalue weighted by molar-refractivity contribution is 5.92. The van der Waals surface area contributed by atoms with Crippen molar-refractivity contribution in [2.75, 3.05) is 49.5 Å². The molecule has 1 saturated heterocycles. The highest BCUT2D eigenvalue weighted by atomic mass is 16.5. The van der Waals surface area contributed by atoms with Gasteiger partial charge >= 0.3 is 0 Å². The second-order valence-electron chi connectivity index (χ2n) is 8.40. The first kappa shape index (κ1) is 22.2. The van der Waals surface area contributed by atoms with Crippen molar-refractivity contribution < 1.29 is 9.53 Å². The first-order chi connectivity index (χ1) is 15.6. The van der Waals surface area contributed by atoms with Gasteiger partial charge in [-0.15, -0.1) is 0 Å². The number of fused-ring (bicyclic) bond motifs is 1. The summed E-state index contributed by atoms with van der Waals surface area (Å²) in [5, 5.41) is 5.33. The molecule has 1 heterocycles. The summed E-state index contributed by atoms with van der Waals surface area (Å²) in [4.78, 5) is 17.4. The van der Waals surface area contributed by atoms with Crippen molar-refractivity contribution in [2.24, 2.45) is 0 Å². The Bertz CT molecular complexity index is 1050. The smallest absolute Gasteiger partial charge is 0.224 e. The fraction of sp³-hybridized carbons (Fsp3) is 0.370. The predicted octanol–water partition coefficient (Wildman–Crippen LogP) is 5.09. The molecule has 0 saturated carbocycles. The van der Waals surface area contributed by atoms with E-state index in [2.05, 4.69) is 59.3 Å². The molecule has 1 aliphatic heterocycles. The molecule has 0 atom stereocenters. The summed E-state index contributed by atoms with van der Waals surface area (Å²) in [6, 6.07) is 20.6.